The molecule has 0 aromatic heterocycles. The van der Waals surface area contributed by atoms with Crippen LogP contribution in [0.5, 0.6) is 0 Å². The molecule has 3 rings (SSSR count). The van der Waals surface area contributed by atoms with Gasteiger partial charge in [-0.2, -0.15) is 0 Å². The number of fused-ring (bicyclic) bond motifs is 1. The van der Waals surface area contributed by atoms with Crippen molar-refractivity contribution in [2.45, 2.75) is 31.5 Å². The Balaban J connectivity index is 2.18. The Morgan fingerprint density at radius 1 is 1.05 bits per heavy atom. The van der Waals surface area contributed by atoms with Crippen LogP contribution < -0.4 is 0 Å². The zero-order valence-corrected chi connectivity index (χ0v) is 11.8. The first kappa shape index (κ1) is 13.3. The summed E-state index contributed by atoms with van der Waals surface area (Å²) in [6.45, 7) is 2.19. The molecule has 2 nitrogen and oxygen atoms in total. The van der Waals surface area contributed by atoms with Gasteiger partial charge in [-0.1, -0.05) is 67.9 Å². The van der Waals surface area contributed by atoms with Crippen LogP contribution in [0.2, 0.25) is 0 Å². The lowest BCUT2D eigenvalue weighted by molar-refractivity contribution is -0.0742. The average Bonchev–Trinajstić information content (AvgIpc) is 2.84. The second kappa shape index (κ2) is 5.39. The maximum atomic E-state index is 9.64. The molecule has 1 aliphatic heterocycles. The van der Waals surface area contributed by atoms with Gasteiger partial charge in [-0.05, 0) is 23.1 Å². The summed E-state index contributed by atoms with van der Waals surface area (Å²) in [5.74, 6) is 0. The summed E-state index contributed by atoms with van der Waals surface area (Å²) in [7, 11) is 0. The molecule has 20 heavy (non-hydrogen) atoms. The molecule has 0 saturated carbocycles. The molecule has 0 amide bonds. The van der Waals surface area contributed by atoms with Gasteiger partial charge >= 0.3 is 0 Å². The lowest BCUT2D eigenvalue weighted by Gasteiger charge is -2.31. The molecule has 0 bridgehead atoms. The van der Waals surface area contributed by atoms with Crippen LogP contribution in [0.1, 0.15) is 42.6 Å². The van der Waals surface area contributed by atoms with Gasteiger partial charge in [0.2, 0.25) is 0 Å². The summed E-state index contributed by atoms with van der Waals surface area (Å²) < 4.78 is 6.35. The van der Waals surface area contributed by atoms with Crippen molar-refractivity contribution in [2.24, 2.45) is 0 Å². The van der Waals surface area contributed by atoms with E-state index in [0.29, 0.717) is 0 Å². The lowest BCUT2D eigenvalue weighted by Crippen LogP contribution is -2.27. The van der Waals surface area contributed by atoms with E-state index in [4.69, 9.17) is 4.74 Å². The number of rotatable bonds is 4. The third-order valence-corrected chi connectivity index (χ3v) is 4.09. The molecular weight excluding hydrogens is 248 g/mol. The Kier molecular flexibility index (Phi) is 3.60. The molecular formula is C18H20O2. The van der Waals surface area contributed by atoms with E-state index in [1.165, 1.54) is 11.1 Å². The third-order valence-electron chi connectivity index (χ3n) is 4.09. The van der Waals surface area contributed by atoms with Crippen molar-refractivity contribution in [1.82, 2.24) is 0 Å². The van der Waals surface area contributed by atoms with Crippen LogP contribution in [0.15, 0.2) is 54.6 Å². The van der Waals surface area contributed by atoms with Crippen molar-refractivity contribution in [3.05, 3.63) is 71.3 Å². The molecule has 0 fully saturated rings. The molecule has 1 heterocycles. The second-order valence-electron chi connectivity index (χ2n) is 5.32. The van der Waals surface area contributed by atoms with Crippen molar-refractivity contribution in [3.8, 4) is 0 Å². The van der Waals surface area contributed by atoms with Crippen molar-refractivity contribution < 1.29 is 9.84 Å². The molecule has 0 spiro atoms. The first-order valence-electron chi connectivity index (χ1n) is 7.25. The topological polar surface area (TPSA) is 29.5 Å². The predicted molar refractivity (Wildman–Crippen MR) is 79.5 cm³/mol. The summed E-state index contributed by atoms with van der Waals surface area (Å²) in [5.41, 5.74) is 3.07. The predicted octanol–water partition coefficient (Wildman–Crippen LogP) is 3.79. The molecule has 2 aromatic rings. The summed E-state index contributed by atoms with van der Waals surface area (Å²) in [6.07, 6.45) is 1.73. The fourth-order valence-corrected chi connectivity index (χ4v) is 3.27. The number of hydrogen-bond acceptors (Lipinski definition) is 2. The zero-order chi connectivity index (χ0) is 14.0. The minimum Gasteiger partial charge on any atom is -0.393 e. The van der Waals surface area contributed by atoms with E-state index >= 15 is 0 Å². The lowest BCUT2D eigenvalue weighted by atomic mass is 9.82. The van der Waals surface area contributed by atoms with Crippen molar-refractivity contribution >= 4 is 0 Å². The Morgan fingerprint density at radius 2 is 1.75 bits per heavy atom. The van der Waals surface area contributed by atoms with Gasteiger partial charge in [0.1, 0.15) is 11.7 Å². The van der Waals surface area contributed by atoms with Gasteiger partial charge in [-0.25, -0.2) is 0 Å². The van der Waals surface area contributed by atoms with E-state index < -0.39 is 5.60 Å². The Hall–Kier alpha value is -1.64. The molecule has 0 unspecified atom stereocenters. The van der Waals surface area contributed by atoms with E-state index in [9.17, 15) is 5.11 Å². The van der Waals surface area contributed by atoms with E-state index in [1.807, 2.05) is 24.3 Å². The van der Waals surface area contributed by atoms with Crippen molar-refractivity contribution in [3.63, 3.8) is 0 Å². The zero-order valence-electron chi connectivity index (χ0n) is 11.8. The Morgan fingerprint density at radius 3 is 2.45 bits per heavy atom. The summed E-state index contributed by atoms with van der Waals surface area (Å²) in [5, 5.41) is 9.64. The molecule has 0 saturated heterocycles. The highest BCUT2D eigenvalue weighted by Crippen LogP contribution is 2.49. The van der Waals surface area contributed by atoms with Crippen LogP contribution in [0.4, 0.5) is 0 Å². The highest BCUT2D eigenvalue weighted by Gasteiger charge is 2.45. The van der Waals surface area contributed by atoms with Gasteiger partial charge in [0.15, 0.2) is 0 Å². The third kappa shape index (κ3) is 1.96. The van der Waals surface area contributed by atoms with E-state index in [0.717, 1.165) is 18.4 Å². The van der Waals surface area contributed by atoms with Crippen LogP contribution >= 0.6 is 0 Å². The molecule has 0 radical (unpaired) electrons. The highest BCUT2D eigenvalue weighted by atomic mass is 16.5. The van der Waals surface area contributed by atoms with Crippen LogP contribution in [0.25, 0.3) is 0 Å². The minimum atomic E-state index is -0.417. The number of aliphatic hydroxyl groups is 1. The quantitative estimate of drug-likeness (QED) is 0.914. The van der Waals surface area contributed by atoms with Gasteiger partial charge in [0.05, 0.1) is 6.61 Å². The number of ether oxygens (including phenoxy) is 1. The smallest absolute Gasteiger partial charge is 0.119 e. The fourth-order valence-electron chi connectivity index (χ4n) is 3.27. The number of hydrogen-bond donors (Lipinski definition) is 1. The Bertz CT molecular complexity index is 579. The largest absolute Gasteiger partial charge is 0.393 e. The molecule has 104 valence electrons. The fraction of sp³-hybridized carbons (Fsp3) is 0.333. The summed E-state index contributed by atoms with van der Waals surface area (Å²) >= 11 is 0. The highest BCUT2D eigenvalue weighted by molar-refractivity contribution is 5.45. The van der Waals surface area contributed by atoms with Gasteiger partial charge in [-0.3, -0.25) is 0 Å². The van der Waals surface area contributed by atoms with Crippen molar-refractivity contribution in [2.75, 3.05) is 6.61 Å². The van der Waals surface area contributed by atoms with Crippen LogP contribution in [-0.4, -0.2) is 11.7 Å². The standard InChI is InChI=1S/C18H20O2/c1-2-12-18(14-8-4-3-5-9-14)16-11-7-6-10-15(16)17(13-19)20-18/h3-11,17,19H,2,12-13H2,1H3/t17-,18+/m1/s1. The van der Waals surface area contributed by atoms with Gasteiger partial charge in [-0.15, -0.1) is 0 Å². The molecule has 2 aromatic carbocycles. The second-order valence-corrected chi connectivity index (χ2v) is 5.32. The maximum absolute atomic E-state index is 9.64. The first-order valence-corrected chi connectivity index (χ1v) is 7.25. The molecule has 0 aliphatic carbocycles. The average molecular weight is 268 g/mol. The molecule has 1 aliphatic rings. The molecule has 1 N–H and O–H groups in total. The van der Waals surface area contributed by atoms with E-state index in [-0.39, 0.29) is 12.7 Å². The normalized spacial score (nSPS) is 24.6. The minimum absolute atomic E-state index is 0.0231. The van der Waals surface area contributed by atoms with Crippen LogP contribution in [0, 0.1) is 0 Å². The molecule has 2 heteroatoms. The van der Waals surface area contributed by atoms with Crippen LogP contribution in [0.3, 0.4) is 0 Å². The monoisotopic (exact) mass is 268 g/mol. The van der Waals surface area contributed by atoms with Gasteiger partial charge < -0.3 is 9.84 Å². The van der Waals surface area contributed by atoms with Crippen molar-refractivity contribution in [1.29, 1.82) is 0 Å². The molecule has 2 atom stereocenters. The van der Waals surface area contributed by atoms with E-state index in [1.54, 1.807) is 0 Å². The summed E-state index contributed by atoms with van der Waals surface area (Å²) in [4.78, 5) is 0. The van der Waals surface area contributed by atoms with Gasteiger partial charge in [0, 0.05) is 0 Å². The Labute approximate surface area is 120 Å². The van der Waals surface area contributed by atoms with Gasteiger partial charge in [0.25, 0.3) is 0 Å². The summed E-state index contributed by atoms with van der Waals surface area (Å²) in [6, 6.07) is 18.6. The number of benzene rings is 2. The first-order chi connectivity index (χ1) is 9.81. The van der Waals surface area contributed by atoms with E-state index in [2.05, 4.69) is 37.3 Å². The number of aliphatic hydroxyl groups excluding tert-OH is 1. The van der Waals surface area contributed by atoms with Crippen LogP contribution in [-0.2, 0) is 10.3 Å². The maximum Gasteiger partial charge on any atom is 0.119 e. The SMILES string of the molecule is CCC[C@@]1(c2ccccc2)O[C@H](CO)c2ccccc21.